The van der Waals surface area contributed by atoms with Crippen LogP contribution in [0.1, 0.15) is 35.3 Å². The number of nitrogens with zero attached hydrogens (tertiary/aromatic N) is 6. The third-order valence-electron chi connectivity index (χ3n) is 7.46. The Morgan fingerprint density at radius 2 is 1.83 bits per heavy atom. The summed E-state index contributed by atoms with van der Waals surface area (Å²) in [4.78, 5) is 38.5. The van der Waals surface area contributed by atoms with Crippen molar-refractivity contribution in [3.63, 3.8) is 0 Å². The molecule has 1 amide bonds. The first-order valence-electron chi connectivity index (χ1n) is 14.8. The highest BCUT2D eigenvalue weighted by Crippen LogP contribution is 2.51. The highest BCUT2D eigenvalue weighted by atomic mass is 19.3. The third kappa shape index (κ3) is 6.49. The Kier molecular flexibility index (Phi) is 9.24. The number of hydrogen-bond acceptors (Lipinski definition) is 10. The summed E-state index contributed by atoms with van der Waals surface area (Å²) in [5.41, 5.74) is 1.33. The number of esters is 1. The van der Waals surface area contributed by atoms with Crippen molar-refractivity contribution >= 4 is 34.9 Å². The lowest BCUT2D eigenvalue weighted by Crippen LogP contribution is -2.29. The summed E-state index contributed by atoms with van der Waals surface area (Å²) < 4.78 is 43.2. The molecule has 12 nitrogen and oxygen atoms in total. The number of likely N-dealkylation sites (N-methyl/N-ethyl adjacent to an activating group) is 2. The van der Waals surface area contributed by atoms with E-state index in [0.717, 1.165) is 18.8 Å². The molecule has 0 atom stereocenters. The molecule has 0 aliphatic heterocycles. The molecule has 1 aliphatic carbocycles. The first-order chi connectivity index (χ1) is 22.3. The Hall–Kier alpha value is -5.37. The number of benzene rings is 2. The number of aromatic nitrogens is 4. The Bertz CT molecular complexity index is 1840. The number of alkyl halides is 2. The maximum Gasteiger partial charge on any atom is 0.343 e. The first-order valence-corrected chi connectivity index (χ1v) is 14.8. The summed E-state index contributed by atoms with van der Waals surface area (Å²) in [7, 11) is 7.31. The Morgan fingerprint density at radius 3 is 2.51 bits per heavy atom. The number of ether oxygens (including phenoxy) is 2. The lowest BCUT2D eigenvalue weighted by Gasteiger charge is -2.26. The van der Waals surface area contributed by atoms with Gasteiger partial charge < -0.3 is 29.9 Å². The lowest BCUT2D eigenvalue weighted by molar-refractivity contribution is -0.111. The van der Waals surface area contributed by atoms with Crippen LogP contribution in [0.2, 0.25) is 0 Å². The van der Waals surface area contributed by atoms with E-state index in [2.05, 4.69) is 32.3 Å². The summed E-state index contributed by atoms with van der Waals surface area (Å²) in [6.07, 6.45) is 3.02. The zero-order valence-corrected chi connectivity index (χ0v) is 27.0. The Morgan fingerprint density at radius 1 is 1.09 bits per heavy atom. The van der Waals surface area contributed by atoms with Gasteiger partial charge in [-0.05, 0) is 40.1 Å². The van der Waals surface area contributed by atoms with Crippen molar-refractivity contribution in [1.82, 2.24) is 24.6 Å². The molecule has 2 N–H and O–H groups in total. The SMILES string of the molecule is C=CC(=O)Nc1cc(Nc2ncc(C(=O)OC(C)C)c(-n3ncc4c3-c3ccccc3C4(F)F)n2)c(OC)cc1N(C)CCN(C)C. The van der Waals surface area contributed by atoms with Gasteiger partial charge in [0.2, 0.25) is 11.9 Å². The highest BCUT2D eigenvalue weighted by Gasteiger charge is 2.47. The maximum absolute atomic E-state index is 15.4. The van der Waals surface area contributed by atoms with Crippen LogP contribution in [0.3, 0.4) is 0 Å². The minimum atomic E-state index is -3.29. The Labute approximate surface area is 271 Å². The van der Waals surface area contributed by atoms with Crippen molar-refractivity contribution in [3.8, 4) is 22.8 Å². The van der Waals surface area contributed by atoms with Gasteiger partial charge in [-0.2, -0.15) is 18.9 Å². The molecule has 4 aromatic rings. The predicted molar refractivity (Wildman–Crippen MR) is 175 cm³/mol. The van der Waals surface area contributed by atoms with Gasteiger partial charge in [0.25, 0.3) is 0 Å². The van der Waals surface area contributed by atoms with E-state index in [-0.39, 0.29) is 39.7 Å². The number of carbonyl (C=O) groups is 2. The van der Waals surface area contributed by atoms with Gasteiger partial charge in [0, 0.05) is 43.5 Å². The molecule has 2 aromatic heterocycles. The lowest BCUT2D eigenvalue weighted by atomic mass is 10.1. The van der Waals surface area contributed by atoms with Crippen LogP contribution in [-0.2, 0) is 15.5 Å². The quantitative estimate of drug-likeness (QED) is 0.156. The van der Waals surface area contributed by atoms with E-state index in [4.69, 9.17) is 9.47 Å². The second kappa shape index (κ2) is 13.2. The van der Waals surface area contributed by atoms with E-state index in [1.165, 1.54) is 24.1 Å². The minimum absolute atomic E-state index is 0.00333. The number of hydrogen-bond donors (Lipinski definition) is 2. The normalized spacial score (nSPS) is 12.8. The second-order valence-electron chi connectivity index (χ2n) is 11.4. The van der Waals surface area contributed by atoms with Gasteiger partial charge in [-0.25, -0.2) is 14.5 Å². The van der Waals surface area contributed by atoms with Crippen LogP contribution in [0.4, 0.5) is 31.8 Å². The van der Waals surface area contributed by atoms with Crippen molar-refractivity contribution < 1.29 is 27.8 Å². The van der Waals surface area contributed by atoms with Crippen molar-refractivity contribution in [2.45, 2.75) is 25.9 Å². The molecular weight excluding hydrogens is 610 g/mol. The number of amides is 1. The number of anilines is 4. The standard InChI is InChI=1S/C33H36F2N8O4/c1-8-28(44)38-24-15-25(27(46-7)16-26(24)42(6)14-13-41(4)5)39-32-36-17-21(31(45)47-19(2)3)30(40-32)43-29-20-11-9-10-12-22(20)33(34,35)23(29)18-37-43/h8-12,15-19H,1,13-14H2,2-7H3,(H,38,44)(H,36,39,40). The molecule has 47 heavy (non-hydrogen) atoms. The zero-order valence-electron chi connectivity index (χ0n) is 27.0. The van der Waals surface area contributed by atoms with Crippen LogP contribution in [-0.4, -0.2) is 84.0 Å². The zero-order chi connectivity index (χ0) is 34.0. The van der Waals surface area contributed by atoms with Gasteiger partial charge in [0.15, 0.2) is 5.82 Å². The highest BCUT2D eigenvalue weighted by molar-refractivity contribution is 6.02. The van der Waals surface area contributed by atoms with Gasteiger partial charge in [0.05, 0.1) is 47.7 Å². The van der Waals surface area contributed by atoms with Gasteiger partial charge in [-0.3, -0.25) is 4.79 Å². The maximum atomic E-state index is 15.4. The summed E-state index contributed by atoms with van der Waals surface area (Å²) in [5, 5.41) is 10.2. The molecule has 5 rings (SSSR count). The molecule has 2 aromatic carbocycles. The molecule has 0 saturated carbocycles. The van der Waals surface area contributed by atoms with E-state index in [1.807, 2.05) is 30.9 Å². The van der Waals surface area contributed by atoms with Crippen LogP contribution in [0.15, 0.2) is 61.4 Å². The molecule has 0 fully saturated rings. The van der Waals surface area contributed by atoms with Gasteiger partial charge in [-0.1, -0.05) is 30.8 Å². The van der Waals surface area contributed by atoms with Crippen LogP contribution < -0.4 is 20.3 Å². The van der Waals surface area contributed by atoms with Crippen molar-refractivity contribution in [2.24, 2.45) is 0 Å². The fraction of sp³-hybridized carbons (Fsp3) is 0.303. The molecule has 246 valence electrons. The number of fused-ring (bicyclic) bond motifs is 3. The van der Waals surface area contributed by atoms with Gasteiger partial charge >= 0.3 is 11.9 Å². The van der Waals surface area contributed by atoms with Crippen LogP contribution in [0.5, 0.6) is 5.75 Å². The topological polar surface area (TPSA) is 127 Å². The molecule has 1 aliphatic rings. The van der Waals surface area contributed by atoms with E-state index >= 15 is 8.78 Å². The summed E-state index contributed by atoms with van der Waals surface area (Å²) in [6, 6.07) is 9.54. The van der Waals surface area contributed by atoms with Crippen molar-refractivity contribution in [1.29, 1.82) is 0 Å². The van der Waals surface area contributed by atoms with E-state index in [1.54, 1.807) is 44.2 Å². The summed E-state index contributed by atoms with van der Waals surface area (Å²) in [6.45, 7) is 8.33. The fourth-order valence-electron chi connectivity index (χ4n) is 5.15. The number of methoxy groups -OCH3 is 1. The average Bonchev–Trinajstić information content (AvgIpc) is 3.57. The molecule has 14 heteroatoms. The molecule has 0 radical (unpaired) electrons. The smallest absolute Gasteiger partial charge is 0.343 e. The molecule has 0 bridgehead atoms. The summed E-state index contributed by atoms with van der Waals surface area (Å²) >= 11 is 0. The predicted octanol–water partition coefficient (Wildman–Crippen LogP) is 5.22. The minimum Gasteiger partial charge on any atom is -0.494 e. The van der Waals surface area contributed by atoms with E-state index < -0.39 is 23.9 Å². The Balaban J connectivity index is 1.62. The monoisotopic (exact) mass is 646 g/mol. The van der Waals surface area contributed by atoms with Crippen molar-refractivity contribution in [2.75, 3.05) is 56.9 Å². The summed E-state index contributed by atoms with van der Waals surface area (Å²) in [5.74, 6) is -4.13. The first kappa shape index (κ1) is 33.0. The number of rotatable bonds is 12. The molecule has 2 heterocycles. The molecule has 0 spiro atoms. The molecule has 0 unspecified atom stereocenters. The number of nitrogens with one attached hydrogen (secondary N) is 2. The van der Waals surface area contributed by atoms with E-state index in [9.17, 15) is 9.59 Å². The van der Waals surface area contributed by atoms with Gasteiger partial charge in [-0.15, -0.1) is 0 Å². The van der Waals surface area contributed by atoms with Crippen molar-refractivity contribution in [3.05, 3.63) is 78.1 Å². The average molecular weight is 647 g/mol. The van der Waals surface area contributed by atoms with Gasteiger partial charge in [0.1, 0.15) is 11.3 Å². The molecule has 0 saturated heterocycles. The number of halogens is 2. The number of carbonyl (C=O) groups excluding carboxylic acids is 2. The third-order valence-corrected chi connectivity index (χ3v) is 7.46. The van der Waals surface area contributed by atoms with Crippen LogP contribution in [0, 0.1) is 0 Å². The van der Waals surface area contributed by atoms with Crippen LogP contribution in [0.25, 0.3) is 17.1 Å². The molecular formula is C33H36F2N8O4. The van der Waals surface area contributed by atoms with Crippen LogP contribution >= 0.6 is 0 Å². The fourth-order valence-corrected chi connectivity index (χ4v) is 5.15. The largest absolute Gasteiger partial charge is 0.494 e. The van der Waals surface area contributed by atoms with E-state index in [0.29, 0.717) is 29.4 Å². The second-order valence-corrected chi connectivity index (χ2v) is 11.4.